The number of hydrogen-bond acceptors (Lipinski definition) is 3. The lowest BCUT2D eigenvalue weighted by molar-refractivity contribution is -0.121. The molecule has 1 saturated heterocycles. The van der Waals surface area contributed by atoms with Gasteiger partial charge >= 0.3 is 0 Å². The van der Waals surface area contributed by atoms with Crippen LogP contribution in [0, 0.1) is 0 Å². The maximum atomic E-state index is 11.0. The van der Waals surface area contributed by atoms with Crippen LogP contribution in [-0.4, -0.2) is 50.6 Å². The zero-order valence-electron chi connectivity index (χ0n) is 7.05. The summed E-state index contributed by atoms with van der Waals surface area (Å²) in [6.45, 7) is 2.38. The minimum Gasteiger partial charge on any atom is -0.350 e. The minimum absolute atomic E-state index is 0.0885. The zero-order chi connectivity index (χ0) is 8.27. The molecule has 0 bridgehead atoms. The van der Waals surface area contributed by atoms with E-state index in [0.717, 1.165) is 13.1 Å². The van der Waals surface area contributed by atoms with Crippen LogP contribution < -0.4 is 10.6 Å². The van der Waals surface area contributed by atoms with Crippen LogP contribution in [0.25, 0.3) is 0 Å². The predicted molar refractivity (Wildman–Crippen MR) is 43.4 cm³/mol. The van der Waals surface area contributed by atoms with Gasteiger partial charge in [0.1, 0.15) is 0 Å². The summed E-state index contributed by atoms with van der Waals surface area (Å²) in [7, 11) is 3.81. The molecule has 0 saturated carbocycles. The summed E-state index contributed by atoms with van der Waals surface area (Å²) in [6.07, 6.45) is 0. The smallest absolute Gasteiger partial charge is 0.234 e. The van der Waals surface area contributed by atoms with Gasteiger partial charge in [0.2, 0.25) is 5.91 Å². The van der Waals surface area contributed by atoms with Crippen molar-refractivity contribution >= 4 is 5.91 Å². The van der Waals surface area contributed by atoms with E-state index >= 15 is 0 Å². The quantitative estimate of drug-likeness (QED) is 0.531. The Labute approximate surface area is 66.9 Å². The minimum atomic E-state index is 0.0885. The fraction of sp³-hybridized carbons (Fsp3) is 0.857. The van der Waals surface area contributed by atoms with E-state index in [1.807, 2.05) is 7.05 Å². The molecule has 0 aliphatic carbocycles. The van der Waals surface area contributed by atoms with Gasteiger partial charge in [-0.1, -0.05) is 0 Å². The molecule has 2 N–H and O–H groups in total. The molecule has 0 aromatic heterocycles. The van der Waals surface area contributed by atoms with E-state index in [-0.39, 0.29) is 5.91 Å². The van der Waals surface area contributed by atoms with Gasteiger partial charge in [-0.2, -0.15) is 0 Å². The molecule has 64 valence electrons. The van der Waals surface area contributed by atoms with Gasteiger partial charge in [-0.3, -0.25) is 4.79 Å². The molecule has 1 heterocycles. The summed E-state index contributed by atoms with van der Waals surface area (Å²) in [5.74, 6) is 0.0885. The number of hydrogen-bond donors (Lipinski definition) is 2. The topological polar surface area (TPSA) is 44.4 Å². The van der Waals surface area contributed by atoms with Crippen molar-refractivity contribution in [3.8, 4) is 0 Å². The van der Waals surface area contributed by atoms with Crippen molar-refractivity contribution in [1.29, 1.82) is 0 Å². The first kappa shape index (κ1) is 8.49. The first-order valence-electron chi connectivity index (χ1n) is 3.85. The van der Waals surface area contributed by atoms with Crippen LogP contribution in [0.15, 0.2) is 0 Å². The van der Waals surface area contributed by atoms with E-state index in [1.54, 1.807) is 7.05 Å². The molecule has 1 amide bonds. The van der Waals surface area contributed by atoms with Crippen LogP contribution in [0.5, 0.6) is 0 Å². The van der Waals surface area contributed by atoms with Gasteiger partial charge in [0.05, 0.1) is 12.6 Å². The monoisotopic (exact) mass is 157 g/mol. The summed E-state index contributed by atoms with van der Waals surface area (Å²) >= 11 is 0. The fourth-order valence-corrected chi connectivity index (χ4v) is 1.23. The van der Waals surface area contributed by atoms with Gasteiger partial charge in [-0.25, -0.2) is 0 Å². The number of carbonyl (C=O) groups is 1. The normalized spacial score (nSPS) is 19.5. The Balaban J connectivity index is 2.07. The maximum Gasteiger partial charge on any atom is 0.234 e. The Morgan fingerprint density at radius 2 is 2.27 bits per heavy atom. The second-order valence-corrected chi connectivity index (χ2v) is 3.02. The molecule has 11 heavy (non-hydrogen) atoms. The van der Waals surface area contributed by atoms with Crippen LogP contribution in [0.2, 0.25) is 0 Å². The standard InChI is InChI=1S/C7H15N3O/c1-8-3-7(11)9-6-4-10(2)5-6/h6,8H,3-5H2,1-2H3,(H,9,11). The lowest BCUT2D eigenvalue weighted by Gasteiger charge is -2.36. The Kier molecular flexibility index (Phi) is 2.84. The van der Waals surface area contributed by atoms with E-state index in [1.165, 1.54) is 0 Å². The lowest BCUT2D eigenvalue weighted by atomic mass is 10.1. The van der Waals surface area contributed by atoms with Gasteiger partial charge in [-0.15, -0.1) is 0 Å². The Hall–Kier alpha value is -0.610. The van der Waals surface area contributed by atoms with Crippen molar-refractivity contribution in [2.45, 2.75) is 6.04 Å². The van der Waals surface area contributed by atoms with Crippen LogP contribution in [0.1, 0.15) is 0 Å². The summed E-state index contributed by atoms with van der Waals surface area (Å²) in [4.78, 5) is 13.1. The molecule has 1 aliphatic heterocycles. The highest BCUT2D eigenvalue weighted by molar-refractivity contribution is 5.78. The predicted octanol–water partition coefficient (Wildman–Crippen LogP) is -1.36. The highest BCUT2D eigenvalue weighted by Crippen LogP contribution is 2.02. The molecular formula is C7H15N3O. The molecule has 4 heteroatoms. The largest absolute Gasteiger partial charge is 0.350 e. The number of likely N-dealkylation sites (N-methyl/N-ethyl adjacent to an activating group) is 2. The third-order valence-corrected chi connectivity index (χ3v) is 1.77. The first-order chi connectivity index (χ1) is 5.22. The second-order valence-electron chi connectivity index (χ2n) is 3.02. The second kappa shape index (κ2) is 3.69. The highest BCUT2D eigenvalue weighted by atomic mass is 16.2. The van der Waals surface area contributed by atoms with Gasteiger partial charge in [0, 0.05) is 13.1 Å². The number of carbonyl (C=O) groups excluding carboxylic acids is 1. The Bertz CT molecular complexity index is 143. The SMILES string of the molecule is CNCC(=O)NC1CN(C)C1. The number of likely N-dealkylation sites (tertiary alicyclic amines) is 1. The summed E-state index contributed by atoms with van der Waals surface area (Å²) in [5, 5.41) is 5.71. The van der Waals surface area contributed by atoms with Gasteiger partial charge < -0.3 is 15.5 Å². The molecule has 0 unspecified atom stereocenters. The zero-order valence-corrected chi connectivity index (χ0v) is 7.05. The molecule has 1 aliphatic rings. The average Bonchev–Trinajstić information content (AvgIpc) is 1.85. The van der Waals surface area contributed by atoms with Crippen molar-refractivity contribution in [3.63, 3.8) is 0 Å². The summed E-state index contributed by atoms with van der Waals surface area (Å²) < 4.78 is 0. The van der Waals surface area contributed by atoms with E-state index < -0.39 is 0 Å². The lowest BCUT2D eigenvalue weighted by Crippen LogP contribution is -2.58. The molecule has 1 rings (SSSR count). The maximum absolute atomic E-state index is 11.0. The van der Waals surface area contributed by atoms with Gasteiger partial charge in [0.15, 0.2) is 0 Å². The molecule has 0 aromatic carbocycles. The highest BCUT2D eigenvalue weighted by Gasteiger charge is 2.23. The van der Waals surface area contributed by atoms with Gasteiger partial charge in [0.25, 0.3) is 0 Å². The Morgan fingerprint density at radius 1 is 1.64 bits per heavy atom. The van der Waals surface area contributed by atoms with Crippen molar-refractivity contribution in [2.75, 3.05) is 33.7 Å². The van der Waals surface area contributed by atoms with E-state index in [0.29, 0.717) is 12.6 Å². The molecule has 0 spiro atoms. The average molecular weight is 157 g/mol. The molecule has 4 nitrogen and oxygen atoms in total. The number of amides is 1. The molecule has 1 fully saturated rings. The number of rotatable bonds is 3. The van der Waals surface area contributed by atoms with Crippen molar-refractivity contribution in [2.24, 2.45) is 0 Å². The van der Waals surface area contributed by atoms with Crippen LogP contribution in [-0.2, 0) is 4.79 Å². The van der Waals surface area contributed by atoms with Crippen LogP contribution in [0.3, 0.4) is 0 Å². The van der Waals surface area contributed by atoms with Crippen molar-refractivity contribution in [3.05, 3.63) is 0 Å². The molecule has 0 radical (unpaired) electrons. The number of nitrogens with one attached hydrogen (secondary N) is 2. The van der Waals surface area contributed by atoms with Crippen molar-refractivity contribution in [1.82, 2.24) is 15.5 Å². The summed E-state index contributed by atoms with van der Waals surface area (Å²) in [6, 6.07) is 0.376. The number of nitrogens with zero attached hydrogens (tertiary/aromatic N) is 1. The van der Waals surface area contributed by atoms with E-state index in [4.69, 9.17) is 0 Å². The van der Waals surface area contributed by atoms with E-state index in [2.05, 4.69) is 15.5 Å². The fourth-order valence-electron chi connectivity index (χ4n) is 1.23. The first-order valence-corrected chi connectivity index (χ1v) is 3.85. The Morgan fingerprint density at radius 3 is 2.73 bits per heavy atom. The van der Waals surface area contributed by atoms with Gasteiger partial charge in [-0.05, 0) is 14.1 Å². The van der Waals surface area contributed by atoms with Crippen LogP contribution >= 0.6 is 0 Å². The molecule has 0 aromatic rings. The van der Waals surface area contributed by atoms with Crippen LogP contribution in [0.4, 0.5) is 0 Å². The summed E-state index contributed by atoms with van der Waals surface area (Å²) in [5.41, 5.74) is 0. The molecule has 0 atom stereocenters. The van der Waals surface area contributed by atoms with E-state index in [9.17, 15) is 4.79 Å². The molecular weight excluding hydrogens is 142 g/mol. The third kappa shape index (κ3) is 2.48. The van der Waals surface area contributed by atoms with Crippen molar-refractivity contribution < 1.29 is 4.79 Å². The third-order valence-electron chi connectivity index (χ3n) is 1.77.